The van der Waals surface area contributed by atoms with E-state index in [4.69, 9.17) is 4.74 Å². The third-order valence-electron chi connectivity index (χ3n) is 13.3. The van der Waals surface area contributed by atoms with Gasteiger partial charge in [0.05, 0.1) is 18.8 Å². The maximum absolute atomic E-state index is 12.5. The van der Waals surface area contributed by atoms with Crippen molar-refractivity contribution in [2.45, 2.75) is 104 Å². The van der Waals surface area contributed by atoms with Gasteiger partial charge in [0.2, 0.25) is 0 Å². The number of rotatable bonds is 8. The molecule has 4 saturated carbocycles. The molecule has 1 amide bonds. The van der Waals surface area contributed by atoms with Gasteiger partial charge < -0.3 is 25.3 Å². The second-order valence-electron chi connectivity index (χ2n) is 15.1. The number of hydrogen-bond donors (Lipinski definition) is 4. The van der Waals surface area contributed by atoms with E-state index in [-0.39, 0.29) is 29.1 Å². The summed E-state index contributed by atoms with van der Waals surface area (Å²) in [5.74, 6) is 3.32. The van der Waals surface area contributed by atoms with Crippen LogP contribution in [0.2, 0.25) is 0 Å². The number of aromatic nitrogens is 1. The molecule has 4 aliphatic carbocycles. The highest BCUT2D eigenvalue weighted by Crippen LogP contribution is 2.69. The molecule has 4 aliphatic rings. The average molecular weight is 579 g/mol. The first-order valence-electron chi connectivity index (χ1n) is 17.0. The minimum Gasteiger partial charge on any atom is -0.450 e. The van der Waals surface area contributed by atoms with Crippen LogP contribution in [0, 0.1) is 52.3 Å². The number of carbonyl (C=O) groups is 1. The van der Waals surface area contributed by atoms with Crippen LogP contribution in [0.3, 0.4) is 0 Å². The molecule has 6 heteroatoms. The fraction of sp³-hybridized carbons (Fsp3) is 0.750. The van der Waals surface area contributed by atoms with Crippen molar-refractivity contribution in [2.75, 3.05) is 13.2 Å². The number of aliphatic hydroxyl groups excluding tert-OH is 2. The van der Waals surface area contributed by atoms with Gasteiger partial charge in [-0.25, -0.2) is 4.79 Å². The van der Waals surface area contributed by atoms with Gasteiger partial charge >= 0.3 is 6.09 Å². The number of aromatic amines is 1. The van der Waals surface area contributed by atoms with Gasteiger partial charge in [-0.1, -0.05) is 52.3 Å². The Labute approximate surface area is 252 Å². The zero-order valence-corrected chi connectivity index (χ0v) is 26.3. The highest BCUT2D eigenvalue weighted by atomic mass is 16.5. The molecular formula is C36H54N2O4. The Balaban J connectivity index is 1.03. The van der Waals surface area contributed by atoms with E-state index >= 15 is 0 Å². The van der Waals surface area contributed by atoms with Gasteiger partial charge in [0.25, 0.3) is 0 Å². The molecule has 0 aliphatic heterocycles. The number of aliphatic hydroxyl groups is 2. The molecule has 6 rings (SSSR count). The van der Waals surface area contributed by atoms with Gasteiger partial charge in [0.15, 0.2) is 0 Å². The monoisotopic (exact) mass is 578 g/mol. The van der Waals surface area contributed by atoms with Crippen molar-refractivity contribution in [2.24, 2.45) is 52.3 Å². The maximum Gasteiger partial charge on any atom is 0.407 e. The van der Waals surface area contributed by atoms with Crippen LogP contribution < -0.4 is 5.32 Å². The number of carbonyl (C=O) groups excluding carboxylic acids is 1. The second-order valence-corrected chi connectivity index (χ2v) is 15.1. The quantitative estimate of drug-likeness (QED) is 0.269. The first kappa shape index (κ1) is 30.0. The van der Waals surface area contributed by atoms with E-state index in [1.807, 2.05) is 18.3 Å². The van der Waals surface area contributed by atoms with Gasteiger partial charge in [0.1, 0.15) is 0 Å². The van der Waals surface area contributed by atoms with Crippen molar-refractivity contribution in [3.8, 4) is 0 Å². The summed E-state index contributed by atoms with van der Waals surface area (Å²) in [7, 11) is 0. The highest BCUT2D eigenvalue weighted by Gasteiger charge is 2.64. The number of nitrogens with one attached hydrogen (secondary N) is 2. The summed E-state index contributed by atoms with van der Waals surface area (Å²) in [6.07, 6.45) is 11.6. The van der Waals surface area contributed by atoms with E-state index in [0.717, 1.165) is 44.0 Å². The molecule has 0 radical (unpaired) electrons. The average Bonchev–Trinajstić information content (AvgIpc) is 3.55. The van der Waals surface area contributed by atoms with Crippen molar-refractivity contribution < 1.29 is 19.7 Å². The van der Waals surface area contributed by atoms with E-state index in [1.165, 1.54) is 36.6 Å². The Morgan fingerprint density at radius 3 is 2.64 bits per heavy atom. The minimum atomic E-state index is -0.325. The lowest BCUT2D eigenvalue weighted by Crippen LogP contribution is -2.62. The van der Waals surface area contributed by atoms with Crippen LogP contribution in [0.15, 0.2) is 30.5 Å². The van der Waals surface area contributed by atoms with Crippen molar-refractivity contribution in [1.29, 1.82) is 0 Å². The maximum atomic E-state index is 12.5. The summed E-state index contributed by atoms with van der Waals surface area (Å²) in [4.78, 5) is 15.8. The number of benzene rings is 1. The van der Waals surface area contributed by atoms with Crippen LogP contribution in [0.4, 0.5) is 4.79 Å². The number of alkyl carbamates (subject to hydrolysis) is 1. The number of hydrogen-bond acceptors (Lipinski definition) is 4. The zero-order valence-electron chi connectivity index (χ0n) is 26.3. The molecule has 4 fully saturated rings. The third kappa shape index (κ3) is 5.08. The van der Waals surface area contributed by atoms with E-state index in [2.05, 4.69) is 50.1 Å². The molecule has 0 spiro atoms. The van der Waals surface area contributed by atoms with Crippen LogP contribution in [0.25, 0.3) is 10.9 Å². The number of ether oxygens (including phenoxy) is 1. The molecule has 2 aromatic rings. The number of fused-ring (bicyclic) bond motifs is 6. The molecule has 1 heterocycles. The topological polar surface area (TPSA) is 94.6 Å². The van der Waals surface area contributed by atoms with Gasteiger partial charge in [0, 0.05) is 23.6 Å². The van der Waals surface area contributed by atoms with Crippen LogP contribution in [-0.4, -0.2) is 46.6 Å². The van der Waals surface area contributed by atoms with Crippen molar-refractivity contribution >= 4 is 17.0 Å². The molecule has 1 aromatic heterocycles. The number of H-pyrrole nitrogens is 1. The summed E-state index contributed by atoms with van der Waals surface area (Å²) in [5, 5.41) is 26.6. The van der Waals surface area contributed by atoms with Gasteiger partial charge in [-0.05, 0) is 122 Å². The largest absolute Gasteiger partial charge is 0.450 e. The van der Waals surface area contributed by atoms with Crippen LogP contribution in [0.5, 0.6) is 0 Å². The van der Waals surface area contributed by atoms with Gasteiger partial charge in [-0.15, -0.1) is 0 Å². The lowest BCUT2D eigenvalue weighted by Gasteiger charge is -2.64. The molecule has 42 heavy (non-hydrogen) atoms. The van der Waals surface area contributed by atoms with Gasteiger partial charge in [-0.3, -0.25) is 0 Å². The lowest BCUT2D eigenvalue weighted by molar-refractivity contribution is -0.203. The SMILES string of the molecule is CC[C@H]1[C@@H](O)[C@@H]2[C@H](CC[C@]3(C)[C@@H]([C@H](C)CCOC(=O)NCCc4c[nH]c5ccccc45)CC[C@@H]23)[C@@]2(C)CC[C@@H](O)C[C@@H]12. The smallest absolute Gasteiger partial charge is 0.407 e. The molecule has 0 bridgehead atoms. The summed E-state index contributed by atoms with van der Waals surface area (Å²) >= 11 is 0. The van der Waals surface area contributed by atoms with E-state index in [1.54, 1.807) is 0 Å². The normalized spacial score (nSPS) is 40.1. The van der Waals surface area contributed by atoms with E-state index in [0.29, 0.717) is 54.6 Å². The number of amides is 1. The molecule has 11 atom stereocenters. The second kappa shape index (κ2) is 11.8. The summed E-state index contributed by atoms with van der Waals surface area (Å²) in [6.45, 7) is 10.6. The fourth-order valence-electron chi connectivity index (χ4n) is 11.2. The van der Waals surface area contributed by atoms with Gasteiger partial charge in [-0.2, -0.15) is 0 Å². The molecule has 232 valence electrons. The van der Waals surface area contributed by atoms with Crippen LogP contribution in [0.1, 0.15) is 91.0 Å². The molecule has 6 nitrogen and oxygen atoms in total. The molecule has 0 saturated heterocycles. The third-order valence-corrected chi connectivity index (χ3v) is 13.3. The molecule has 4 N–H and O–H groups in total. The lowest BCUT2D eigenvalue weighted by atomic mass is 9.41. The van der Waals surface area contributed by atoms with Crippen molar-refractivity contribution in [3.05, 3.63) is 36.0 Å². The zero-order chi connectivity index (χ0) is 29.6. The van der Waals surface area contributed by atoms with Crippen LogP contribution >= 0.6 is 0 Å². The summed E-state index contributed by atoms with van der Waals surface area (Å²) in [6, 6.07) is 8.24. The van der Waals surface area contributed by atoms with E-state index in [9.17, 15) is 15.0 Å². The Bertz CT molecular complexity index is 1240. The molecule has 1 aromatic carbocycles. The number of para-hydroxylation sites is 1. The Kier molecular flexibility index (Phi) is 8.43. The van der Waals surface area contributed by atoms with E-state index < -0.39 is 0 Å². The predicted octanol–water partition coefficient (Wildman–Crippen LogP) is 7.09. The predicted molar refractivity (Wildman–Crippen MR) is 167 cm³/mol. The highest BCUT2D eigenvalue weighted by molar-refractivity contribution is 5.83. The van der Waals surface area contributed by atoms with Crippen molar-refractivity contribution in [3.63, 3.8) is 0 Å². The minimum absolute atomic E-state index is 0.199. The Morgan fingerprint density at radius 1 is 1.07 bits per heavy atom. The first-order valence-corrected chi connectivity index (χ1v) is 17.0. The Hall–Kier alpha value is -2.05. The standard InChI is InChI=1S/C36H54N2O4/c1-5-25-30-20-24(39)12-16-36(30,4)29-13-17-35(3)27(10-11-28(35)32(29)33(25)40)22(2)15-19-42-34(41)37-18-14-23-21-38-31-9-7-6-8-26(23)31/h6-9,21-22,24-25,27-30,32-33,38-40H,5,10-20H2,1-4H3,(H,37,41)/t22-,24-,25-,27-,28+,29+,30+,32+,33-,35-,36-/m1/s1. The van der Waals surface area contributed by atoms with Crippen LogP contribution in [-0.2, 0) is 11.2 Å². The summed E-state index contributed by atoms with van der Waals surface area (Å²) in [5.41, 5.74) is 2.80. The fourth-order valence-corrected chi connectivity index (χ4v) is 11.2. The summed E-state index contributed by atoms with van der Waals surface area (Å²) < 4.78 is 5.64. The molecular weight excluding hydrogens is 524 g/mol. The Morgan fingerprint density at radius 2 is 1.83 bits per heavy atom. The van der Waals surface area contributed by atoms with Crippen molar-refractivity contribution in [1.82, 2.24) is 10.3 Å². The first-order chi connectivity index (χ1) is 20.2. The molecule has 0 unspecified atom stereocenters.